The van der Waals surface area contributed by atoms with Crippen LogP contribution in [0.3, 0.4) is 0 Å². The third kappa shape index (κ3) is 3.21. The van der Waals surface area contributed by atoms with E-state index in [1.807, 2.05) is 37.3 Å². The van der Waals surface area contributed by atoms with Crippen LogP contribution in [-0.2, 0) is 10.0 Å². The Labute approximate surface area is 131 Å². The molecule has 1 aliphatic rings. The van der Waals surface area contributed by atoms with Crippen LogP contribution >= 0.6 is 12.4 Å². The van der Waals surface area contributed by atoms with Crippen molar-refractivity contribution in [3.05, 3.63) is 42.5 Å². The fourth-order valence-electron chi connectivity index (χ4n) is 2.59. The Morgan fingerprint density at radius 3 is 2.57 bits per heavy atom. The highest BCUT2D eigenvalue weighted by molar-refractivity contribution is 7.89. The summed E-state index contributed by atoms with van der Waals surface area (Å²) in [5.74, 6) is 0. The average Bonchev–Trinajstić information content (AvgIpc) is 2.46. The second kappa shape index (κ2) is 6.32. The van der Waals surface area contributed by atoms with Crippen LogP contribution in [0.1, 0.15) is 6.92 Å². The molecule has 0 radical (unpaired) electrons. The van der Waals surface area contributed by atoms with Gasteiger partial charge in [0.2, 0.25) is 10.0 Å². The Bertz CT molecular complexity index is 733. The third-order valence-corrected chi connectivity index (χ3v) is 5.55. The van der Waals surface area contributed by atoms with Gasteiger partial charge in [-0.05, 0) is 29.8 Å². The number of rotatable bonds is 2. The van der Waals surface area contributed by atoms with E-state index in [1.165, 1.54) is 0 Å². The molecule has 1 saturated heterocycles. The molecule has 0 bridgehead atoms. The van der Waals surface area contributed by atoms with Gasteiger partial charge in [-0.25, -0.2) is 8.42 Å². The fraction of sp³-hybridized carbons (Fsp3) is 0.333. The van der Waals surface area contributed by atoms with Gasteiger partial charge in [-0.1, -0.05) is 30.3 Å². The maximum atomic E-state index is 12.7. The van der Waals surface area contributed by atoms with Gasteiger partial charge >= 0.3 is 0 Å². The SMILES string of the molecule is CC1CN(S(=O)(=O)c2ccc3ccccc3c2)CCN1.Cl. The molecule has 0 spiro atoms. The van der Waals surface area contributed by atoms with Gasteiger partial charge < -0.3 is 5.32 Å². The van der Waals surface area contributed by atoms with E-state index < -0.39 is 10.0 Å². The Hall–Kier alpha value is -1.14. The topological polar surface area (TPSA) is 49.4 Å². The van der Waals surface area contributed by atoms with Gasteiger partial charge in [-0.3, -0.25) is 0 Å². The summed E-state index contributed by atoms with van der Waals surface area (Å²) in [7, 11) is -3.39. The van der Waals surface area contributed by atoms with E-state index in [1.54, 1.807) is 16.4 Å². The van der Waals surface area contributed by atoms with Gasteiger partial charge in [0.1, 0.15) is 0 Å². The molecule has 0 amide bonds. The van der Waals surface area contributed by atoms with Gasteiger partial charge in [0.25, 0.3) is 0 Å². The lowest BCUT2D eigenvalue weighted by Crippen LogP contribution is -2.51. The summed E-state index contributed by atoms with van der Waals surface area (Å²) in [6, 6.07) is 13.3. The van der Waals surface area contributed by atoms with Crippen molar-refractivity contribution in [1.82, 2.24) is 9.62 Å². The molecule has 21 heavy (non-hydrogen) atoms. The fourth-order valence-corrected chi connectivity index (χ4v) is 4.16. The van der Waals surface area contributed by atoms with E-state index in [-0.39, 0.29) is 18.4 Å². The lowest BCUT2D eigenvalue weighted by molar-refractivity contribution is 0.310. The lowest BCUT2D eigenvalue weighted by Gasteiger charge is -2.31. The summed E-state index contributed by atoms with van der Waals surface area (Å²) >= 11 is 0. The smallest absolute Gasteiger partial charge is 0.243 e. The van der Waals surface area contributed by atoms with Crippen LogP contribution in [-0.4, -0.2) is 38.4 Å². The van der Waals surface area contributed by atoms with Crippen LogP contribution in [0, 0.1) is 0 Å². The minimum Gasteiger partial charge on any atom is -0.312 e. The molecule has 1 N–H and O–H groups in total. The quantitative estimate of drug-likeness (QED) is 0.921. The normalized spacial score (nSPS) is 20.1. The van der Waals surface area contributed by atoms with Crippen molar-refractivity contribution in [2.24, 2.45) is 0 Å². The highest BCUT2D eigenvalue weighted by Crippen LogP contribution is 2.22. The van der Waals surface area contributed by atoms with Crippen molar-refractivity contribution >= 4 is 33.2 Å². The van der Waals surface area contributed by atoms with E-state index in [2.05, 4.69) is 5.32 Å². The summed E-state index contributed by atoms with van der Waals surface area (Å²) in [6.07, 6.45) is 0. The van der Waals surface area contributed by atoms with Crippen molar-refractivity contribution in [3.8, 4) is 0 Å². The van der Waals surface area contributed by atoms with E-state index in [0.717, 1.165) is 10.8 Å². The lowest BCUT2D eigenvalue weighted by atomic mass is 10.1. The molecule has 0 saturated carbocycles. The van der Waals surface area contributed by atoms with Gasteiger partial charge in [0.15, 0.2) is 0 Å². The number of halogens is 1. The van der Waals surface area contributed by atoms with Gasteiger partial charge in [-0.15, -0.1) is 12.4 Å². The molecule has 114 valence electrons. The molecule has 3 rings (SSSR count). The van der Waals surface area contributed by atoms with E-state index in [9.17, 15) is 8.42 Å². The molecule has 1 atom stereocenters. The largest absolute Gasteiger partial charge is 0.312 e. The summed E-state index contributed by atoms with van der Waals surface area (Å²) in [4.78, 5) is 0.380. The first-order chi connectivity index (χ1) is 9.57. The minimum atomic E-state index is -3.39. The maximum Gasteiger partial charge on any atom is 0.243 e. The molecule has 4 nitrogen and oxygen atoms in total. The number of nitrogens with one attached hydrogen (secondary N) is 1. The number of hydrogen-bond donors (Lipinski definition) is 1. The highest BCUT2D eigenvalue weighted by atomic mass is 35.5. The number of fused-ring (bicyclic) bond motifs is 1. The molecule has 1 unspecified atom stereocenters. The molecule has 0 aromatic heterocycles. The van der Waals surface area contributed by atoms with Crippen LogP contribution in [0.5, 0.6) is 0 Å². The van der Waals surface area contributed by atoms with Crippen molar-refractivity contribution in [1.29, 1.82) is 0 Å². The molecular weight excluding hydrogens is 308 g/mol. The van der Waals surface area contributed by atoms with E-state index >= 15 is 0 Å². The number of hydrogen-bond acceptors (Lipinski definition) is 3. The summed E-state index contributed by atoms with van der Waals surface area (Å²) < 4.78 is 26.9. The predicted molar refractivity (Wildman–Crippen MR) is 87.4 cm³/mol. The first-order valence-electron chi connectivity index (χ1n) is 6.80. The van der Waals surface area contributed by atoms with Gasteiger partial charge in [0, 0.05) is 25.7 Å². The predicted octanol–water partition coefficient (Wildman–Crippen LogP) is 2.24. The molecule has 1 aliphatic heterocycles. The molecular formula is C15H19ClN2O2S. The van der Waals surface area contributed by atoms with Crippen molar-refractivity contribution in [2.75, 3.05) is 19.6 Å². The second-order valence-corrected chi connectivity index (χ2v) is 7.17. The zero-order valence-electron chi connectivity index (χ0n) is 11.8. The first kappa shape index (κ1) is 16.2. The molecule has 1 heterocycles. The minimum absolute atomic E-state index is 0. The van der Waals surface area contributed by atoms with Crippen molar-refractivity contribution in [3.63, 3.8) is 0 Å². The highest BCUT2D eigenvalue weighted by Gasteiger charge is 2.28. The summed E-state index contributed by atoms with van der Waals surface area (Å²) in [5, 5.41) is 5.27. The molecule has 1 fully saturated rings. The number of nitrogens with zero attached hydrogens (tertiary/aromatic N) is 1. The van der Waals surface area contributed by atoms with Crippen LogP contribution in [0.2, 0.25) is 0 Å². The van der Waals surface area contributed by atoms with Crippen LogP contribution in [0.15, 0.2) is 47.4 Å². The molecule has 6 heteroatoms. The zero-order chi connectivity index (χ0) is 14.2. The Morgan fingerprint density at radius 1 is 1.14 bits per heavy atom. The average molecular weight is 327 g/mol. The van der Waals surface area contributed by atoms with E-state index in [0.29, 0.717) is 24.5 Å². The van der Waals surface area contributed by atoms with Crippen LogP contribution < -0.4 is 5.32 Å². The Kier molecular flexibility index (Phi) is 4.88. The molecule has 0 aliphatic carbocycles. The first-order valence-corrected chi connectivity index (χ1v) is 8.24. The number of benzene rings is 2. The summed E-state index contributed by atoms with van der Waals surface area (Å²) in [6.45, 7) is 3.75. The monoisotopic (exact) mass is 326 g/mol. The molecule has 2 aromatic rings. The van der Waals surface area contributed by atoms with Crippen LogP contribution in [0.4, 0.5) is 0 Å². The second-order valence-electron chi connectivity index (χ2n) is 5.23. The Morgan fingerprint density at radius 2 is 1.86 bits per heavy atom. The third-order valence-electron chi connectivity index (χ3n) is 3.69. The summed E-state index contributed by atoms with van der Waals surface area (Å²) in [5.41, 5.74) is 0. The van der Waals surface area contributed by atoms with Gasteiger partial charge in [0.05, 0.1) is 4.90 Å². The van der Waals surface area contributed by atoms with Gasteiger partial charge in [-0.2, -0.15) is 4.31 Å². The zero-order valence-corrected chi connectivity index (χ0v) is 13.5. The van der Waals surface area contributed by atoms with Crippen LogP contribution in [0.25, 0.3) is 10.8 Å². The maximum absolute atomic E-state index is 12.7. The number of sulfonamides is 1. The van der Waals surface area contributed by atoms with Crippen molar-refractivity contribution in [2.45, 2.75) is 17.9 Å². The Balaban J connectivity index is 0.00000161. The van der Waals surface area contributed by atoms with Crippen molar-refractivity contribution < 1.29 is 8.42 Å². The van der Waals surface area contributed by atoms with E-state index in [4.69, 9.17) is 0 Å². The number of piperazine rings is 1. The standard InChI is InChI=1S/C15H18N2O2S.ClH/c1-12-11-17(9-8-16-12)20(18,19)15-7-6-13-4-2-3-5-14(13)10-15;/h2-7,10,12,16H,8-9,11H2,1H3;1H. The molecule has 2 aromatic carbocycles.